The molecule has 0 saturated carbocycles. The van der Waals surface area contributed by atoms with E-state index in [2.05, 4.69) is 25.1 Å². The van der Waals surface area contributed by atoms with Gasteiger partial charge in [-0.1, -0.05) is 23.8 Å². The minimum Gasteiger partial charge on any atom is -0.331 e. The lowest BCUT2D eigenvalue weighted by Crippen LogP contribution is -2.42. The van der Waals surface area contributed by atoms with Gasteiger partial charge in [0.1, 0.15) is 0 Å². The zero-order chi connectivity index (χ0) is 11.7. The Morgan fingerprint density at radius 1 is 1.31 bits per heavy atom. The summed E-state index contributed by atoms with van der Waals surface area (Å²) in [7, 11) is 3.60. The minimum atomic E-state index is 0.103. The number of hydrogen-bond acceptors (Lipinski definition) is 1. The van der Waals surface area contributed by atoms with Crippen LogP contribution in [0, 0.1) is 6.92 Å². The molecule has 3 heteroatoms. The molecule has 1 aromatic carbocycles. The van der Waals surface area contributed by atoms with Crippen LogP contribution >= 0.6 is 0 Å². The fourth-order valence-corrected chi connectivity index (χ4v) is 2.13. The van der Waals surface area contributed by atoms with Crippen LogP contribution in [0.3, 0.4) is 0 Å². The molecule has 0 aliphatic carbocycles. The summed E-state index contributed by atoms with van der Waals surface area (Å²) < 4.78 is 0. The summed E-state index contributed by atoms with van der Waals surface area (Å²) >= 11 is 0. The predicted octanol–water partition coefficient (Wildman–Crippen LogP) is 2.03. The molecule has 1 aromatic rings. The number of aryl methyl sites for hydroxylation is 1. The first-order valence-electron chi connectivity index (χ1n) is 5.62. The molecule has 2 rings (SSSR count). The zero-order valence-electron chi connectivity index (χ0n) is 10.2. The number of nitrogens with zero attached hydrogens (tertiary/aromatic N) is 2. The predicted molar refractivity (Wildman–Crippen MR) is 64.4 cm³/mol. The van der Waals surface area contributed by atoms with E-state index < -0.39 is 0 Å². The maximum absolute atomic E-state index is 11.8. The molecule has 0 saturated heterocycles. The lowest BCUT2D eigenvalue weighted by Gasteiger charge is -2.31. The molecule has 0 radical (unpaired) electrons. The van der Waals surface area contributed by atoms with E-state index in [1.165, 1.54) is 16.7 Å². The first-order valence-corrected chi connectivity index (χ1v) is 5.62. The van der Waals surface area contributed by atoms with E-state index in [4.69, 9.17) is 0 Å². The maximum atomic E-state index is 11.8. The lowest BCUT2D eigenvalue weighted by molar-refractivity contribution is 0.165. The number of carbonyl (C=O) groups excluding carboxylic acids is 1. The molecule has 0 bridgehead atoms. The van der Waals surface area contributed by atoms with Gasteiger partial charge >= 0.3 is 6.03 Å². The Labute approximate surface area is 96.7 Å². The van der Waals surface area contributed by atoms with Crippen molar-refractivity contribution in [2.45, 2.75) is 19.9 Å². The Morgan fingerprint density at radius 2 is 2.06 bits per heavy atom. The molecule has 0 spiro atoms. The molecule has 1 heterocycles. The van der Waals surface area contributed by atoms with Crippen LogP contribution in [0.2, 0.25) is 0 Å². The standard InChI is InChI=1S/C13H18N2O/c1-10-4-5-12-9-15(13(16)14(2)3)7-6-11(12)8-10/h4-5,8H,6-7,9H2,1-3H3. The monoisotopic (exact) mass is 218 g/mol. The van der Waals surface area contributed by atoms with Crippen molar-refractivity contribution in [3.05, 3.63) is 34.9 Å². The molecular weight excluding hydrogens is 200 g/mol. The van der Waals surface area contributed by atoms with Gasteiger partial charge in [-0.05, 0) is 24.5 Å². The van der Waals surface area contributed by atoms with Crippen molar-refractivity contribution in [2.75, 3.05) is 20.6 Å². The van der Waals surface area contributed by atoms with Gasteiger partial charge in [0.2, 0.25) is 0 Å². The summed E-state index contributed by atoms with van der Waals surface area (Å²) in [5.41, 5.74) is 3.97. The molecule has 86 valence electrons. The Balaban J connectivity index is 2.18. The number of urea groups is 1. The molecule has 0 atom stereocenters. The summed E-state index contributed by atoms with van der Waals surface area (Å²) in [5.74, 6) is 0. The smallest absolute Gasteiger partial charge is 0.319 e. The third-order valence-electron chi connectivity index (χ3n) is 3.03. The molecule has 0 fully saturated rings. The molecular formula is C13H18N2O. The molecule has 1 aliphatic heterocycles. The van der Waals surface area contributed by atoms with E-state index in [0.29, 0.717) is 0 Å². The second kappa shape index (κ2) is 4.16. The normalized spacial score (nSPS) is 14.6. The van der Waals surface area contributed by atoms with E-state index in [0.717, 1.165) is 19.5 Å². The number of amides is 2. The van der Waals surface area contributed by atoms with Gasteiger partial charge < -0.3 is 9.80 Å². The zero-order valence-corrected chi connectivity index (χ0v) is 10.2. The quantitative estimate of drug-likeness (QED) is 0.653. The largest absolute Gasteiger partial charge is 0.331 e. The fraction of sp³-hybridized carbons (Fsp3) is 0.462. The summed E-state index contributed by atoms with van der Waals surface area (Å²) in [4.78, 5) is 15.4. The summed E-state index contributed by atoms with van der Waals surface area (Å²) in [6, 6.07) is 6.58. The average molecular weight is 218 g/mol. The van der Waals surface area contributed by atoms with E-state index in [9.17, 15) is 4.79 Å². The van der Waals surface area contributed by atoms with Crippen LogP contribution in [0.25, 0.3) is 0 Å². The van der Waals surface area contributed by atoms with Gasteiger partial charge in [-0.25, -0.2) is 4.79 Å². The van der Waals surface area contributed by atoms with E-state index in [-0.39, 0.29) is 6.03 Å². The Kier molecular flexibility index (Phi) is 2.86. The van der Waals surface area contributed by atoms with Gasteiger partial charge in [-0.3, -0.25) is 0 Å². The number of benzene rings is 1. The Bertz CT molecular complexity index is 412. The highest BCUT2D eigenvalue weighted by molar-refractivity contribution is 5.74. The second-order valence-electron chi connectivity index (χ2n) is 4.62. The first kappa shape index (κ1) is 11.0. The Morgan fingerprint density at radius 3 is 2.75 bits per heavy atom. The number of carbonyl (C=O) groups is 1. The fourth-order valence-electron chi connectivity index (χ4n) is 2.13. The summed E-state index contributed by atoms with van der Waals surface area (Å²) in [5, 5.41) is 0. The lowest BCUT2D eigenvalue weighted by atomic mass is 9.98. The van der Waals surface area contributed by atoms with E-state index in [1.807, 2.05) is 4.90 Å². The number of fused-ring (bicyclic) bond motifs is 1. The second-order valence-corrected chi connectivity index (χ2v) is 4.62. The summed E-state index contributed by atoms with van der Waals surface area (Å²) in [6.07, 6.45) is 0.969. The maximum Gasteiger partial charge on any atom is 0.319 e. The highest BCUT2D eigenvalue weighted by Gasteiger charge is 2.21. The molecule has 0 unspecified atom stereocenters. The van der Waals surface area contributed by atoms with Crippen LogP contribution in [0.4, 0.5) is 4.79 Å². The van der Waals surface area contributed by atoms with Crippen LogP contribution < -0.4 is 0 Å². The molecule has 16 heavy (non-hydrogen) atoms. The van der Waals surface area contributed by atoms with Crippen molar-refractivity contribution >= 4 is 6.03 Å². The first-order chi connectivity index (χ1) is 7.58. The third-order valence-corrected chi connectivity index (χ3v) is 3.03. The summed E-state index contributed by atoms with van der Waals surface area (Å²) in [6.45, 7) is 3.68. The van der Waals surface area contributed by atoms with Gasteiger partial charge in [0.05, 0.1) is 0 Å². The molecule has 2 amide bonds. The van der Waals surface area contributed by atoms with Gasteiger partial charge in [-0.15, -0.1) is 0 Å². The molecule has 0 N–H and O–H groups in total. The van der Waals surface area contributed by atoms with Crippen LogP contribution in [-0.4, -0.2) is 36.5 Å². The Hall–Kier alpha value is -1.51. The molecule has 3 nitrogen and oxygen atoms in total. The van der Waals surface area contributed by atoms with Crippen molar-refractivity contribution in [3.63, 3.8) is 0 Å². The van der Waals surface area contributed by atoms with Crippen molar-refractivity contribution in [1.29, 1.82) is 0 Å². The van der Waals surface area contributed by atoms with E-state index in [1.54, 1.807) is 19.0 Å². The van der Waals surface area contributed by atoms with Gasteiger partial charge in [0, 0.05) is 27.2 Å². The number of hydrogen-bond donors (Lipinski definition) is 0. The topological polar surface area (TPSA) is 23.6 Å². The van der Waals surface area contributed by atoms with Crippen molar-refractivity contribution in [2.24, 2.45) is 0 Å². The van der Waals surface area contributed by atoms with Crippen molar-refractivity contribution < 1.29 is 4.79 Å². The highest BCUT2D eigenvalue weighted by Crippen LogP contribution is 2.20. The van der Waals surface area contributed by atoms with Gasteiger partial charge in [0.25, 0.3) is 0 Å². The van der Waals surface area contributed by atoms with Crippen molar-refractivity contribution in [1.82, 2.24) is 9.80 Å². The number of rotatable bonds is 0. The minimum absolute atomic E-state index is 0.103. The molecule has 0 aromatic heterocycles. The van der Waals surface area contributed by atoms with Gasteiger partial charge in [-0.2, -0.15) is 0 Å². The van der Waals surface area contributed by atoms with Crippen LogP contribution in [0.5, 0.6) is 0 Å². The SMILES string of the molecule is Cc1ccc2c(c1)CCN(C(=O)N(C)C)C2. The van der Waals surface area contributed by atoms with Crippen LogP contribution in [0.1, 0.15) is 16.7 Å². The van der Waals surface area contributed by atoms with Crippen LogP contribution in [0.15, 0.2) is 18.2 Å². The molecule has 1 aliphatic rings. The third kappa shape index (κ3) is 2.03. The van der Waals surface area contributed by atoms with Crippen molar-refractivity contribution in [3.8, 4) is 0 Å². The average Bonchev–Trinajstić information content (AvgIpc) is 2.27. The van der Waals surface area contributed by atoms with Crippen LogP contribution in [-0.2, 0) is 13.0 Å². The van der Waals surface area contributed by atoms with E-state index >= 15 is 0 Å². The van der Waals surface area contributed by atoms with Gasteiger partial charge in [0.15, 0.2) is 0 Å². The highest BCUT2D eigenvalue weighted by atomic mass is 16.2.